The summed E-state index contributed by atoms with van der Waals surface area (Å²) in [4.78, 5) is 32.1. The molecule has 0 spiro atoms. The van der Waals surface area contributed by atoms with Crippen molar-refractivity contribution in [3.8, 4) is 22.8 Å². The first-order chi connectivity index (χ1) is 19.2. The third-order valence-corrected chi connectivity index (χ3v) is 8.08. The zero-order chi connectivity index (χ0) is 28.6. The van der Waals surface area contributed by atoms with Gasteiger partial charge in [0.05, 0.1) is 46.7 Å². The zero-order valence-corrected chi connectivity index (χ0v) is 24.3. The van der Waals surface area contributed by atoms with Gasteiger partial charge in [0.1, 0.15) is 29.1 Å². The minimum atomic E-state index is -0.832. The molecule has 0 N–H and O–H groups in total. The molecule has 2 aromatic heterocycles. The van der Waals surface area contributed by atoms with E-state index in [1.165, 1.54) is 23.0 Å². The Labute approximate surface area is 243 Å². The summed E-state index contributed by atoms with van der Waals surface area (Å²) in [6, 6.07) is 13.1. The minimum absolute atomic E-state index is 0.173. The van der Waals surface area contributed by atoms with Crippen LogP contribution in [0.5, 0.6) is 11.5 Å². The number of rotatable bonds is 7. The maximum absolute atomic E-state index is 13.9. The van der Waals surface area contributed by atoms with Gasteiger partial charge < -0.3 is 18.6 Å². The number of hydrogen-bond donors (Lipinski definition) is 0. The van der Waals surface area contributed by atoms with Crippen LogP contribution >= 0.6 is 34.5 Å². The molecule has 1 atom stereocenters. The molecule has 5 rings (SSSR count). The Kier molecular flexibility index (Phi) is 7.89. The van der Waals surface area contributed by atoms with Gasteiger partial charge in [-0.15, -0.1) is 0 Å². The predicted octanol–water partition coefficient (Wildman–Crippen LogP) is 5.38. The molecule has 4 aromatic rings. The highest BCUT2D eigenvalue weighted by atomic mass is 35.5. The Bertz CT molecular complexity index is 1840. The van der Waals surface area contributed by atoms with Crippen LogP contribution in [-0.2, 0) is 9.53 Å². The highest BCUT2D eigenvalue weighted by Gasteiger charge is 2.35. The van der Waals surface area contributed by atoms with E-state index in [4.69, 9.17) is 41.8 Å². The Morgan fingerprint density at radius 2 is 1.90 bits per heavy atom. The molecule has 3 heterocycles. The second-order valence-electron chi connectivity index (χ2n) is 8.74. The summed E-state index contributed by atoms with van der Waals surface area (Å²) < 4.78 is 24.2. The van der Waals surface area contributed by atoms with Crippen molar-refractivity contribution in [1.29, 1.82) is 0 Å². The van der Waals surface area contributed by atoms with Crippen molar-refractivity contribution >= 4 is 46.6 Å². The Hall–Kier alpha value is -3.79. The number of carbonyl (C=O) groups is 1. The Balaban J connectivity index is 1.66. The number of aromatic nitrogens is 1. The van der Waals surface area contributed by atoms with Gasteiger partial charge >= 0.3 is 5.97 Å². The molecule has 0 radical (unpaired) electrons. The van der Waals surface area contributed by atoms with E-state index < -0.39 is 12.0 Å². The van der Waals surface area contributed by atoms with Crippen molar-refractivity contribution in [3.05, 3.63) is 101 Å². The number of ether oxygens (including phenoxy) is 3. The van der Waals surface area contributed by atoms with Gasteiger partial charge in [0.2, 0.25) is 0 Å². The number of benzene rings is 2. The standard InChI is InChI=1S/C29H24Cl2N2O6S/c1-5-38-28(35)25-15(2)32-29-33(26(25)19-9-7-17(36-3)13-23(19)37-4)27(34)24(40-29)14-18-8-11-22(39-18)16-6-10-20(30)21(31)12-16/h6-14,26H,5H2,1-4H3. The lowest BCUT2D eigenvalue weighted by Crippen LogP contribution is -2.40. The molecule has 0 fully saturated rings. The molecule has 40 heavy (non-hydrogen) atoms. The van der Waals surface area contributed by atoms with Crippen molar-refractivity contribution in [2.75, 3.05) is 20.8 Å². The summed E-state index contributed by atoms with van der Waals surface area (Å²) in [6.45, 7) is 3.62. The molecule has 2 aromatic carbocycles. The maximum Gasteiger partial charge on any atom is 0.338 e. The molecule has 11 heteroatoms. The quantitative estimate of drug-likeness (QED) is 0.265. The van der Waals surface area contributed by atoms with Gasteiger partial charge in [0.15, 0.2) is 4.80 Å². The molecular weight excluding hydrogens is 575 g/mol. The zero-order valence-electron chi connectivity index (χ0n) is 22.0. The van der Waals surface area contributed by atoms with Crippen LogP contribution < -0.4 is 24.4 Å². The van der Waals surface area contributed by atoms with Gasteiger partial charge in [-0.05, 0) is 56.3 Å². The largest absolute Gasteiger partial charge is 0.497 e. The lowest BCUT2D eigenvalue weighted by atomic mass is 9.95. The summed E-state index contributed by atoms with van der Waals surface area (Å²) in [5, 5.41) is 0.853. The van der Waals surface area contributed by atoms with E-state index >= 15 is 0 Å². The van der Waals surface area contributed by atoms with E-state index in [1.807, 2.05) is 0 Å². The van der Waals surface area contributed by atoms with Crippen LogP contribution in [0.15, 0.2) is 74.0 Å². The average Bonchev–Trinajstić information content (AvgIpc) is 3.53. The van der Waals surface area contributed by atoms with Gasteiger partial charge in [0, 0.05) is 23.3 Å². The van der Waals surface area contributed by atoms with Gasteiger partial charge in [-0.25, -0.2) is 9.79 Å². The number of carbonyl (C=O) groups excluding carboxylic acids is 1. The third kappa shape index (κ3) is 5.08. The number of esters is 1. The minimum Gasteiger partial charge on any atom is -0.497 e. The first kappa shape index (κ1) is 27.8. The maximum atomic E-state index is 13.9. The Morgan fingerprint density at radius 1 is 1.10 bits per heavy atom. The fraction of sp³-hybridized carbons (Fsp3) is 0.207. The first-order valence-electron chi connectivity index (χ1n) is 12.2. The molecule has 0 saturated carbocycles. The van der Waals surface area contributed by atoms with Gasteiger partial charge in [-0.1, -0.05) is 34.5 Å². The number of hydrogen-bond acceptors (Lipinski definition) is 8. The smallest absolute Gasteiger partial charge is 0.338 e. The molecule has 0 aliphatic carbocycles. The molecule has 206 valence electrons. The number of halogens is 2. The van der Waals surface area contributed by atoms with Gasteiger partial charge in [-0.3, -0.25) is 9.36 Å². The summed E-state index contributed by atoms with van der Waals surface area (Å²) in [7, 11) is 3.07. The van der Waals surface area contributed by atoms with E-state index in [0.29, 0.717) is 53.7 Å². The number of methoxy groups -OCH3 is 2. The average molecular weight is 599 g/mol. The number of nitrogens with zero attached hydrogens (tertiary/aromatic N) is 2. The molecule has 1 unspecified atom stereocenters. The van der Waals surface area contributed by atoms with Crippen molar-refractivity contribution in [2.45, 2.75) is 19.9 Å². The van der Waals surface area contributed by atoms with E-state index in [9.17, 15) is 9.59 Å². The highest BCUT2D eigenvalue weighted by molar-refractivity contribution is 7.07. The Morgan fingerprint density at radius 3 is 2.60 bits per heavy atom. The lowest BCUT2D eigenvalue weighted by Gasteiger charge is -2.26. The van der Waals surface area contributed by atoms with E-state index in [0.717, 1.165) is 5.56 Å². The molecular formula is C29H24Cl2N2O6S. The van der Waals surface area contributed by atoms with Crippen LogP contribution in [0, 0.1) is 0 Å². The normalized spacial score (nSPS) is 15.1. The molecule has 0 amide bonds. The van der Waals surface area contributed by atoms with Gasteiger partial charge in [-0.2, -0.15) is 0 Å². The van der Waals surface area contributed by atoms with Crippen LogP contribution in [0.25, 0.3) is 17.4 Å². The van der Waals surface area contributed by atoms with Crippen molar-refractivity contribution in [1.82, 2.24) is 4.57 Å². The summed E-state index contributed by atoms with van der Waals surface area (Å²) in [5.41, 5.74) is 1.71. The highest BCUT2D eigenvalue weighted by Crippen LogP contribution is 2.37. The van der Waals surface area contributed by atoms with Crippen molar-refractivity contribution in [2.24, 2.45) is 4.99 Å². The van der Waals surface area contributed by atoms with E-state index in [2.05, 4.69) is 4.99 Å². The second kappa shape index (κ2) is 11.4. The fourth-order valence-corrected chi connectivity index (χ4v) is 5.82. The number of allylic oxidation sites excluding steroid dienone is 1. The van der Waals surface area contributed by atoms with Gasteiger partial charge in [0.25, 0.3) is 5.56 Å². The first-order valence-corrected chi connectivity index (χ1v) is 13.8. The second-order valence-corrected chi connectivity index (χ2v) is 10.6. The van der Waals surface area contributed by atoms with Crippen LogP contribution in [0.1, 0.15) is 31.2 Å². The molecule has 1 aliphatic rings. The fourth-order valence-electron chi connectivity index (χ4n) is 4.49. The van der Waals surface area contributed by atoms with Crippen LogP contribution in [0.3, 0.4) is 0 Å². The molecule has 1 aliphatic heterocycles. The molecule has 0 saturated heterocycles. The number of thiazole rings is 1. The molecule has 8 nitrogen and oxygen atoms in total. The number of fused-ring (bicyclic) bond motifs is 1. The predicted molar refractivity (Wildman–Crippen MR) is 154 cm³/mol. The summed E-state index contributed by atoms with van der Waals surface area (Å²) >= 11 is 13.4. The molecule has 0 bridgehead atoms. The lowest BCUT2D eigenvalue weighted by molar-refractivity contribution is -0.139. The summed E-state index contributed by atoms with van der Waals surface area (Å²) in [5.74, 6) is 1.50. The van der Waals surface area contributed by atoms with Crippen molar-refractivity contribution < 1.29 is 23.4 Å². The van der Waals surface area contributed by atoms with E-state index in [-0.39, 0.29) is 17.7 Å². The topological polar surface area (TPSA) is 92.3 Å². The van der Waals surface area contributed by atoms with E-state index in [1.54, 1.807) is 75.6 Å². The monoisotopic (exact) mass is 598 g/mol. The SMILES string of the molecule is CCOC(=O)C1=C(C)N=c2sc(=Cc3ccc(-c4ccc(Cl)c(Cl)c4)o3)c(=O)n2C1c1ccc(OC)cc1OC. The summed E-state index contributed by atoms with van der Waals surface area (Å²) in [6.07, 6.45) is 1.65. The van der Waals surface area contributed by atoms with Crippen LogP contribution in [-0.4, -0.2) is 31.4 Å². The van der Waals surface area contributed by atoms with Crippen LogP contribution in [0.2, 0.25) is 10.0 Å². The van der Waals surface area contributed by atoms with Crippen molar-refractivity contribution in [3.63, 3.8) is 0 Å². The van der Waals surface area contributed by atoms with Crippen LogP contribution in [0.4, 0.5) is 0 Å². The third-order valence-electron chi connectivity index (χ3n) is 6.36. The number of furan rings is 1.